The first-order valence-corrected chi connectivity index (χ1v) is 8.09. The lowest BCUT2D eigenvalue weighted by Crippen LogP contribution is -2.27. The SMILES string of the molecule is C[C@@H](NS(=O)(=O)c1ccccc1F)c1cccc(OC(F)F)c1. The Bertz CT molecular complexity index is 781. The fourth-order valence-corrected chi connectivity index (χ4v) is 3.30. The molecule has 0 aliphatic carbocycles. The zero-order valence-corrected chi connectivity index (χ0v) is 12.9. The number of benzene rings is 2. The summed E-state index contributed by atoms with van der Waals surface area (Å²) in [5.41, 5.74) is 0.406. The van der Waals surface area contributed by atoms with Crippen LogP contribution in [0, 0.1) is 5.82 Å². The highest BCUT2D eigenvalue weighted by atomic mass is 32.2. The molecule has 0 unspecified atom stereocenters. The Kier molecular flexibility index (Phi) is 5.27. The van der Waals surface area contributed by atoms with Crippen LogP contribution in [0.1, 0.15) is 18.5 Å². The molecule has 0 aliphatic heterocycles. The lowest BCUT2D eigenvalue weighted by molar-refractivity contribution is -0.0499. The molecule has 0 bridgehead atoms. The average molecular weight is 345 g/mol. The van der Waals surface area contributed by atoms with Crippen LogP contribution in [0.5, 0.6) is 5.75 Å². The highest BCUT2D eigenvalue weighted by Crippen LogP contribution is 2.23. The Morgan fingerprint density at radius 1 is 1.09 bits per heavy atom. The zero-order chi connectivity index (χ0) is 17.0. The molecule has 2 aromatic carbocycles. The summed E-state index contributed by atoms with van der Waals surface area (Å²) in [6.45, 7) is -1.46. The van der Waals surface area contributed by atoms with Crippen molar-refractivity contribution < 1.29 is 26.3 Å². The predicted octanol–water partition coefficient (Wildman–Crippen LogP) is 3.47. The second kappa shape index (κ2) is 7.01. The van der Waals surface area contributed by atoms with Gasteiger partial charge >= 0.3 is 6.61 Å². The van der Waals surface area contributed by atoms with Crippen LogP contribution in [-0.4, -0.2) is 15.0 Å². The van der Waals surface area contributed by atoms with Crippen LogP contribution < -0.4 is 9.46 Å². The summed E-state index contributed by atoms with van der Waals surface area (Å²) >= 11 is 0. The van der Waals surface area contributed by atoms with Crippen molar-refractivity contribution in [2.75, 3.05) is 0 Å². The van der Waals surface area contributed by atoms with Crippen LogP contribution in [-0.2, 0) is 10.0 Å². The van der Waals surface area contributed by atoms with Gasteiger partial charge in [-0.2, -0.15) is 8.78 Å². The fraction of sp³-hybridized carbons (Fsp3) is 0.200. The van der Waals surface area contributed by atoms with Gasteiger partial charge in [0, 0.05) is 6.04 Å². The maximum atomic E-state index is 13.6. The van der Waals surface area contributed by atoms with Crippen molar-refractivity contribution in [3.63, 3.8) is 0 Å². The number of halogens is 3. The van der Waals surface area contributed by atoms with Crippen molar-refractivity contribution in [2.24, 2.45) is 0 Å². The van der Waals surface area contributed by atoms with E-state index in [1.165, 1.54) is 37.3 Å². The van der Waals surface area contributed by atoms with Crippen LogP contribution in [0.4, 0.5) is 13.2 Å². The molecule has 8 heteroatoms. The Morgan fingerprint density at radius 3 is 2.43 bits per heavy atom. The molecule has 2 rings (SSSR count). The van der Waals surface area contributed by atoms with Crippen LogP contribution in [0.15, 0.2) is 53.4 Å². The third-order valence-electron chi connectivity index (χ3n) is 3.04. The van der Waals surface area contributed by atoms with E-state index < -0.39 is 33.4 Å². The first kappa shape index (κ1) is 17.3. The quantitative estimate of drug-likeness (QED) is 0.872. The molecule has 0 heterocycles. The van der Waals surface area contributed by atoms with Gasteiger partial charge in [-0.3, -0.25) is 0 Å². The van der Waals surface area contributed by atoms with Crippen molar-refractivity contribution in [2.45, 2.75) is 24.5 Å². The summed E-state index contributed by atoms with van der Waals surface area (Å²) in [4.78, 5) is -0.480. The predicted molar refractivity (Wildman–Crippen MR) is 78.2 cm³/mol. The Labute approximate surface area is 132 Å². The number of ether oxygens (including phenoxy) is 1. The lowest BCUT2D eigenvalue weighted by Gasteiger charge is -2.16. The Morgan fingerprint density at radius 2 is 1.78 bits per heavy atom. The number of sulfonamides is 1. The van der Waals surface area contributed by atoms with Crippen molar-refractivity contribution >= 4 is 10.0 Å². The van der Waals surface area contributed by atoms with Gasteiger partial charge in [0.2, 0.25) is 10.0 Å². The van der Waals surface area contributed by atoms with Crippen molar-refractivity contribution in [3.05, 3.63) is 59.9 Å². The summed E-state index contributed by atoms with van der Waals surface area (Å²) in [6.07, 6.45) is 0. The van der Waals surface area contributed by atoms with E-state index in [1.54, 1.807) is 6.07 Å². The summed E-state index contributed by atoms with van der Waals surface area (Å²) < 4.78 is 69.0. The van der Waals surface area contributed by atoms with E-state index in [0.29, 0.717) is 5.56 Å². The number of nitrogens with one attached hydrogen (secondary N) is 1. The molecule has 124 valence electrons. The topological polar surface area (TPSA) is 55.4 Å². The minimum Gasteiger partial charge on any atom is -0.435 e. The maximum Gasteiger partial charge on any atom is 0.387 e. The molecule has 1 atom stereocenters. The largest absolute Gasteiger partial charge is 0.435 e. The van der Waals surface area contributed by atoms with Crippen molar-refractivity contribution in [1.29, 1.82) is 0 Å². The third kappa shape index (κ3) is 4.46. The molecule has 0 fully saturated rings. The minimum absolute atomic E-state index is 0.0885. The summed E-state index contributed by atoms with van der Waals surface area (Å²) in [5, 5.41) is 0. The maximum absolute atomic E-state index is 13.6. The number of rotatable bonds is 6. The van der Waals surface area contributed by atoms with Gasteiger partial charge in [0.05, 0.1) is 0 Å². The lowest BCUT2D eigenvalue weighted by atomic mass is 10.1. The summed E-state index contributed by atoms with van der Waals surface area (Å²) in [7, 11) is -4.09. The highest BCUT2D eigenvalue weighted by molar-refractivity contribution is 7.89. The van der Waals surface area contributed by atoms with Crippen LogP contribution in [0.3, 0.4) is 0 Å². The summed E-state index contributed by atoms with van der Waals surface area (Å²) in [5.74, 6) is -0.962. The van der Waals surface area contributed by atoms with E-state index in [0.717, 1.165) is 12.1 Å². The van der Waals surface area contributed by atoms with E-state index in [2.05, 4.69) is 9.46 Å². The third-order valence-corrected chi connectivity index (χ3v) is 4.62. The van der Waals surface area contributed by atoms with Gasteiger partial charge in [0.15, 0.2) is 0 Å². The first-order valence-electron chi connectivity index (χ1n) is 6.61. The van der Waals surface area contributed by atoms with Gasteiger partial charge in [0.25, 0.3) is 0 Å². The van der Waals surface area contributed by atoms with E-state index in [1.807, 2.05) is 0 Å². The monoisotopic (exact) mass is 345 g/mol. The second-order valence-corrected chi connectivity index (χ2v) is 6.41. The molecule has 0 saturated heterocycles. The molecular formula is C15H14F3NO3S. The highest BCUT2D eigenvalue weighted by Gasteiger charge is 2.22. The smallest absolute Gasteiger partial charge is 0.387 e. The van der Waals surface area contributed by atoms with E-state index in [4.69, 9.17) is 0 Å². The molecule has 4 nitrogen and oxygen atoms in total. The van der Waals surface area contributed by atoms with Gasteiger partial charge in [-0.15, -0.1) is 0 Å². The van der Waals surface area contributed by atoms with Crippen LogP contribution >= 0.6 is 0 Å². The van der Waals surface area contributed by atoms with Crippen molar-refractivity contribution in [1.82, 2.24) is 4.72 Å². The zero-order valence-electron chi connectivity index (χ0n) is 12.0. The molecule has 2 aromatic rings. The molecule has 0 amide bonds. The Balaban J connectivity index is 2.21. The van der Waals surface area contributed by atoms with E-state index in [9.17, 15) is 21.6 Å². The molecule has 0 saturated carbocycles. The molecule has 0 aromatic heterocycles. The normalized spacial score (nSPS) is 13.1. The van der Waals surface area contributed by atoms with Crippen LogP contribution in [0.25, 0.3) is 0 Å². The number of hydrogen-bond donors (Lipinski definition) is 1. The molecule has 23 heavy (non-hydrogen) atoms. The molecule has 0 spiro atoms. The van der Waals surface area contributed by atoms with E-state index >= 15 is 0 Å². The van der Waals surface area contributed by atoms with E-state index in [-0.39, 0.29) is 5.75 Å². The first-order chi connectivity index (χ1) is 10.8. The van der Waals surface area contributed by atoms with Gasteiger partial charge in [-0.05, 0) is 36.8 Å². The average Bonchev–Trinajstić information content (AvgIpc) is 2.46. The fourth-order valence-electron chi connectivity index (χ4n) is 1.99. The summed E-state index contributed by atoms with van der Waals surface area (Å²) in [6, 6.07) is 9.82. The molecule has 0 radical (unpaired) electrons. The molecule has 1 N–H and O–H groups in total. The van der Waals surface area contributed by atoms with Crippen LogP contribution in [0.2, 0.25) is 0 Å². The number of hydrogen-bond acceptors (Lipinski definition) is 3. The van der Waals surface area contributed by atoms with Gasteiger partial charge < -0.3 is 4.74 Å². The molecular weight excluding hydrogens is 331 g/mol. The minimum atomic E-state index is -4.09. The second-order valence-electron chi connectivity index (χ2n) is 4.72. The van der Waals surface area contributed by atoms with Gasteiger partial charge in [-0.1, -0.05) is 24.3 Å². The molecule has 0 aliphatic rings. The standard InChI is InChI=1S/C15H14F3NO3S/c1-10(11-5-4-6-12(9-11)22-15(17)18)19-23(20,21)14-8-3-2-7-13(14)16/h2-10,15,19H,1H3/t10-/m1/s1. The number of alkyl halides is 2. The van der Waals surface area contributed by atoms with Gasteiger partial charge in [0.1, 0.15) is 16.5 Å². The Hall–Kier alpha value is -2.06. The van der Waals surface area contributed by atoms with Gasteiger partial charge in [-0.25, -0.2) is 17.5 Å². The van der Waals surface area contributed by atoms with Crippen molar-refractivity contribution in [3.8, 4) is 5.75 Å².